The van der Waals surface area contributed by atoms with E-state index in [2.05, 4.69) is 27.5 Å². The van der Waals surface area contributed by atoms with Crippen LogP contribution in [0.4, 0.5) is 40.7 Å². The largest absolute Gasteiger partial charge is 0.421 e. The highest BCUT2D eigenvalue weighted by molar-refractivity contribution is 5.63. The molecule has 0 aliphatic rings. The maximum atomic E-state index is 13.9. The maximum absolute atomic E-state index is 13.9. The number of unbranched alkanes of at least 4 members (excludes halogenated alkanes) is 1. The standard InChI is InChI=1S/C21H20F4N4/c1-2-3-6-14-9-11-15(12-10-14)27-20-26-13-16(21(23,24)25)19(29-20)28-18-8-5-4-7-17(18)22/h4-5,7-13H,2-3,6H2,1H3,(H2,26,27,28,29). The van der Waals surface area contributed by atoms with E-state index in [0.29, 0.717) is 11.9 Å². The van der Waals surface area contributed by atoms with Gasteiger partial charge in [0.1, 0.15) is 17.2 Å². The summed E-state index contributed by atoms with van der Waals surface area (Å²) in [6.07, 6.45) is -0.873. The van der Waals surface area contributed by atoms with Gasteiger partial charge in [0.05, 0.1) is 5.69 Å². The van der Waals surface area contributed by atoms with Crippen LogP contribution < -0.4 is 10.6 Å². The molecule has 0 fully saturated rings. The third-order valence-corrected chi connectivity index (χ3v) is 4.25. The second-order valence-corrected chi connectivity index (χ2v) is 6.48. The van der Waals surface area contributed by atoms with Gasteiger partial charge in [-0.25, -0.2) is 9.37 Å². The van der Waals surface area contributed by atoms with Crippen molar-refractivity contribution in [3.63, 3.8) is 0 Å². The van der Waals surface area contributed by atoms with Crippen molar-refractivity contribution in [3.05, 3.63) is 71.7 Å². The summed E-state index contributed by atoms with van der Waals surface area (Å²) in [4.78, 5) is 7.68. The Kier molecular flexibility index (Phi) is 6.31. The molecule has 0 saturated heterocycles. The predicted octanol–water partition coefficient (Wildman–Crippen LogP) is 6.46. The first-order valence-corrected chi connectivity index (χ1v) is 9.18. The fourth-order valence-corrected chi connectivity index (χ4v) is 2.70. The van der Waals surface area contributed by atoms with Crippen LogP contribution in [0.3, 0.4) is 0 Å². The van der Waals surface area contributed by atoms with Crippen molar-refractivity contribution < 1.29 is 17.6 Å². The van der Waals surface area contributed by atoms with Crippen LogP contribution in [0, 0.1) is 5.82 Å². The number of aromatic nitrogens is 2. The first kappa shape index (κ1) is 20.6. The molecule has 0 saturated carbocycles. The molecule has 0 radical (unpaired) electrons. The van der Waals surface area contributed by atoms with Gasteiger partial charge in [0, 0.05) is 11.9 Å². The summed E-state index contributed by atoms with van der Waals surface area (Å²) >= 11 is 0. The van der Waals surface area contributed by atoms with Crippen LogP contribution >= 0.6 is 0 Å². The van der Waals surface area contributed by atoms with Crippen molar-refractivity contribution in [2.45, 2.75) is 32.4 Å². The molecule has 0 aliphatic carbocycles. The zero-order chi connectivity index (χ0) is 20.9. The Balaban J connectivity index is 1.86. The van der Waals surface area contributed by atoms with Crippen molar-refractivity contribution in [3.8, 4) is 0 Å². The molecule has 0 aliphatic heterocycles. The molecular formula is C21H20F4N4. The number of nitrogens with zero attached hydrogens (tertiary/aromatic N) is 2. The second kappa shape index (κ2) is 8.89. The number of hydrogen-bond donors (Lipinski definition) is 2. The van der Waals surface area contributed by atoms with Crippen LogP contribution in [-0.2, 0) is 12.6 Å². The Labute approximate surface area is 166 Å². The molecule has 152 valence electrons. The third-order valence-electron chi connectivity index (χ3n) is 4.25. The van der Waals surface area contributed by atoms with Crippen molar-refractivity contribution in [1.82, 2.24) is 9.97 Å². The Morgan fingerprint density at radius 1 is 0.966 bits per heavy atom. The number of benzene rings is 2. The molecule has 0 spiro atoms. The quantitative estimate of drug-likeness (QED) is 0.444. The minimum atomic E-state index is -4.69. The second-order valence-electron chi connectivity index (χ2n) is 6.48. The van der Waals surface area contributed by atoms with Gasteiger partial charge in [-0.2, -0.15) is 18.2 Å². The zero-order valence-corrected chi connectivity index (χ0v) is 15.7. The maximum Gasteiger partial charge on any atom is 0.421 e. The summed E-state index contributed by atoms with van der Waals surface area (Å²) in [5, 5.41) is 5.30. The molecule has 2 N–H and O–H groups in total. The Morgan fingerprint density at radius 3 is 2.34 bits per heavy atom. The summed E-state index contributed by atoms with van der Waals surface area (Å²) in [7, 11) is 0. The van der Waals surface area contributed by atoms with Gasteiger partial charge in [-0.1, -0.05) is 37.6 Å². The molecule has 3 aromatic rings. The molecule has 1 heterocycles. The van der Waals surface area contributed by atoms with E-state index in [0.717, 1.165) is 25.3 Å². The molecule has 1 aromatic heterocycles. The number of anilines is 4. The van der Waals surface area contributed by atoms with Gasteiger partial charge in [-0.15, -0.1) is 0 Å². The highest BCUT2D eigenvalue weighted by Gasteiger charge is 2.35. The molecule has 3 rings (SSSR count). The molecule has 0 amide bonds. The number of alkyl halides is 3. The van der Waals surface area contributed by atoms with Gasteiger partial charge in [-0.05, 0) is 42.7 Å². The Bertz CT molecular complexity index is 956. The highest BCUT2D eigenvalue weighted by Crippen LogP contribution is 2.35. The van der Waals surface area contributed by atoms with E-state index in [-0.39, 0.29) is 11.6 Å². The number of hydrogen-bond acceptors (Lipinski definition) is 4. The monoisotopic (exact) mass is 404 g/mol. The molecular weight excluding hydrogens is 384 g/mol. The minimum Gasteiger partial charge on any atom is -0.337 e. The molecule has 4 nitrogen and oxygen atoms in total. The number of halogens is 4. The van der Waals surface area contributed by atoms with Crippen LogP contribution in [0.2, 0.25) is 0 Å². The third kappa shape index (κ3) is 5.43. The molecule has 0 bridgehead atoms. The Hall–Kier alpha value is -3.16. The number of para-hydroxylation sites is 1. The smallest absolute Gasteiger partial charge is 0.337 e. The van der Waals surface area contributed by atoms with Gasteiger partial charge >= 0.3 is 6.18 Å². The molecule has 8 heteroatoms. The summed E-state index contributed by atoms with van der Waals surface area (Å²) in [5.74, 6) is -1.24. The first-order chi connectivity index (χ1) is 13.9. The number of rotatable bonds is 7. The number of nitrogens with one attached hydrogen (secondary N) is 2. The van der Waals surface area contributed by atoms with E-state index in [1.807, 2.05) is 24.3 Å². The van der Waals surface area contributed by atoms with Crippen LogP contribution in [0.25, 0.3) is 0 Å². The lowest BCUT2D eigenvalue weighted by atomic mass is 10.1. The normalized spacial score (nSPS) is 11.3. The van der Waals surface area contributed by atoms with E-state index in [4.69, 9.17) is 0 Å². The van der Waals surface area contributed by atoms with E-state index >= 15 is 0 Å². The summed E-state index contributed by atoms with van der Waals surface area (Å²) in [6, 6.07) is 13.0. The van der Waals surface area contributed by atoms with Crippen LogP contribution in [0.5, 0.6) is 0 Å². The van der Waals surface area contributed by atoms with Crippen molar-refractivity contribution in [1.29, 1.82) is 0 Å². The summed E-state index contributed by atoms with van der Waals surface area (Å²) in [6.45, 7) is 2.12. The predicted molar refractivity (Wildman–Crippen MR) is 105 cm³/mol. The van der Waals surface area contributed by atoms with Crippen LogP contribution in [-0.4, -0.2) is 9.97 Å². The van der Waals surface area contributed by atoms with Crippen LogP contribution in [0.1, 0.15) is 30.9 Å². The zero-order valence-electron chi connectivity index (χ0n) is 15.7. The van der Waals surface area contributed by atoms with E-state index in [1.54, 1.807) is 0 Å². The topological polar surface area (TPSA) is 49.8 Å². The SMILES string of the molecule is CCCCc1ccc(Nc2ncc(C(F)(F)F)c(Nc3ccccc3F)n2)cc1. The minimum absolute atomic E-state index is 0.0295. The van der Waals surface area contributed by atoms with Gasteiger partial charge < -0.3 is 10.6 Å². The van der Waals surface area contributed by atoms with Crippen molar-refractivity contribution in [2.24, 2.45) is 0 Å². The molecule has 0 atom stereocenters. The summed E-state index contributed by atoms with van der Waals surface area (Å²) < 4.78 is 53.8. The lowest BCUT2D eigenvalue weighted by Gasteiger charge is -2.15. The average Bonchev–Trinajstić information content (AvgIpc) is 2.68. The average molecular weight is 404 g/mol. The molecule has 29 heavy (non-hydrogen) atoms. The van der Waals surface area contributed by atoms with Gasteiger partial charge in [0.25, 0.3) is 0 Å². The lowest BCUT2D eigenvalue weighted by Crippen LogP contribution is -2.13. The fourth-order valence-electron chi connectivity index (χ4n) is 2.70. The van der Waals surface area contributed by atoms with Crippen LogP contribution in [0.15, 0.2) is 54.7 Å². The first-order valence-electron chi connectivity index (χ1n) is 9.18. The van der Waals surface area contributed by atoms with E-state index in [1.165, 1.54) is 23.8 Å². The molecule has 0 unspecified atom stereocenters. The van der Waals surface area contributed by atoms with Gasteiger partial charge in [0.2, 0.25) is 5.95 Å². The van der Waals surface area contributed by atoms with E-state index in [9.17, 15) is 17.6 Å². The van der Waals surface area contributed by atoms with Gasteiger partial charge in [0.15, 0.2) is 0 Å². The van der Waals surface area contributed by atoms with Crippen molar-refractivity contribution in [2.75, 3.05) is 10.6 Å². The Morgan fingerprint density at radius 2 is 1.69 bits per heavy atom. The highest BCUT2D eigenvalue weighted by atomic mass is 19.4. The van der Waals surface area contributed by atoms with Crippen molar-refractivity contribution >= 4 is 23.1 Å². The number of aryl methyl sites for hydroxylation is 1. The summed E-state index contributed by atoms with van der Waals surface area (Å²) in [5.41, 5.74) is 0.624. The lowest BCUT2D eigenvalue weighted by molar-refractivity contribution is -0.137. The molecule has 2 aromatic carbocycles. The van der Waals surface area contributed by atoms with Gasteiger partial charge in [-0.3, -0.25) is 0 Å². The fraction of sp³-hybridized carbons (Fsp3) is 0.238. The van der Waals surface area contributed by atoms with E-state index < -0.39 is 23.4 Å².